The number of carbonyl (C=O) groups excluding carboxylic acids is 4. The quantitative estimate of drug-likeness (QED) is 0.295. The predicted molar refractivity (Wildman–Crippen MR) is 185 cm³/mol. The summed E-state index contributed by atoms with van der Waals surface area (Å²) in [6, 6.07) is 11.6. The van der Waals surface area contributed by atoms with Gasteiger partial charge < -0.3 is 35.2 Å². The van der Waals surface area contributed by atoms with Crippen LogP contribution in [0.3, 0.4) is 0 Å². The first-order valence-corrected chi connectivity index (χ1v) is 17.2. The molecule has 0 spiro atoms. The Hall–Kier alpha value is -4.19. The van der Waals surface area contributed by atoms with Crippen LogP contribution >= 0.6 is 0 Å². The van der Waals surface area contributed by atoms with Crippen molar-refractivity contribution in [2.24, 2.45) is 11.8 Å². The van der Waals surface area contributed by atoms with Crippen molar-refractivity contribution >= 4 is 29.7 Å². The Bertz CT molecular complexity index is 1430. The van der Waals surface area contributed by atoms with Gasteiger partial charge in [-0.25, -0.2) is 14.0 Å². The second-order valence-electron chi connectivity index (χ2n) is 14.5. The Morgan fingerprint density at radius 3 is 2.18 bits per heavy atom. The number of benzene rings is 2. The number of alkyl carbamates (subject to hydrolysis) is 2. The van der Waals surface area contributed by atoms with E-state index in [1.165, 1.54) is 12.1 Å². The second-order valence-corrected chi connectivity index (χ2v) is 14.5. The van der Waals surface area contributed by atoms with Crippen LogP contribution in [0.5, 0.6) is 0 Å². The molecule has 4 rings (SSSR count). The number of nitrogens with zero attached hydrogens (tertiary/aromatic N) is 2. The zero-order valence-electron chi connectivity index (χ0n) is 29.6. The molecule has 2 aliphatic rings. The van der Waals surface area contributed by atoms with Gasteiger partial charge in [-0.1, -0.05) is 63.1 Å². The number of anilines is 1. The van der Waals surface area contributed by atoms with Gasteiger partial charge >= 0.3 is 12.2 Å². The topological polar surface area (TPSA) is 129 Å². The molecule has 49 heavy (non-hydrogen) atoms. The number of hydrogen-bond donors (Lipinski definition) is 3. The highest BCUT2D eigenvalue weighted by atomic mass is 19.1. The Morgan fingerprint density at radius 2 is 1.57 bits per heavy atom. The lowest BCUT2D eigenvalue weighted by Crippen LogP contribution is -2.56. The molecule has 1 saturated carbocycles. The first kappa shape index (κ1) is 37.6. The van der Waals surface area contributed by atoms with E-state index < -0.39 is 47.5 Å². The summed E-state index contributed by atoms with van der Waals surface area (Å²) < 4.78 is 26.6. The molecule has 1 aliphatic heterocycles. The van der Waals surface area contributed by atoms with Crippen molar-refractivity contribution in [3.8, 4) is 0 Å². The van der Waals surface area contributed by atoms with Gasteiger partial charge in [-0.15, -0.1) is 0 Å². The summed E-state index contributed by atoms with van der Waals surface area (Å²) in [4.78, 5) is 56.8. The molecule has 3 N–H and O–H groups in total. The SMILES string of the molecule is C[C@@H](c1ccc(NC(=O)[C@@H](NC(=O)OCc2ccccc2)[C@H]2CC[C@H](C)CC2)c(F)c1)[C@@H](NC(=O)OC(C)(C)C)C(=O)N1CCN(C)CC1. The third-order valence-electron chi connectivity index (χ3n) is 9.33. The Balaban J connectivity index is 1.49. The van der Waals surface area contributed by atoms with Crippen molar-refractivity contribution in [1.82, 2.24) is 20.4 Å². The molecule has 4 amide bonds. The molecule has 0 bridgehead atoms. The Kier molecular flexibility index (Phi) is 13.0. The van der Waals surface area contributed by atoms with E-state index in [0.717, 1.165) is 31.2 Å². The van der Waals surface area contributed by atoms with Gasteiger partial charge in [0, 0.05) is 32.1 Å². The third kappa shape index (κ3) is 11.2. The van der Waals surface area contributed by atoms with Crippen molar-refractivity contribution < 1.29 is 33.0 Å². The number of hydrogen-bond acceptors (Lipinski definition) is 7. The zero-order valence-corrected chi connectivity index (χ0v) is 29.6. The van der Waals surface area contributed by atoms with Crippen molar-refractivity contribution in [2.45, 2.75) is 90.5 Å². The Labute approximate surface area is 289 Å². The number of ether oxygens (including phenoxy) is 2. The van der Waals surface area contributed by atoms with Crippen LogP contribution < -0.4 is 16.0 Å². The van der Waals surface area contributed by atoms with Gasteiger partial charge in [0.25, 0.3) is 0 Å². The highest BCUT2D eigenvalue weighted by Crippen LogP contribution is 2.32. The van der Waals surface area contributed by atoms with Crippen LogP contribution in [0.2, 0.25) is 0 Å². The summed E-state index contributed by atoms with van der Waals surface area (Å²) in [6.07, 6.45) is 1.85. The summed E-state index contributed by atoms with van der Waals surface area (Å²) in [5, 5.41) is 8.15. The molecular weight excluding hydrogens is 629 g/mol. The van der Waals surface area contributed by atoms with Crippen molar-refractivity contribution in [3.05, 3.63) is 65.5 Å². The van der Waals surface area contributed by atoms with Gasteiger partial charge in [0.2, 0.25) is 11.8 Å². The number of carbonyl (C=O) groups is 4. The molecule has 268 valence electrons. The second kappa shape index (κ2) is 17.0. The number of rotatable bonds is 10. The summed E-state index contributed by atoms with van der Waals surface area (Å²) >= 11 is 0. The normalized spacial score (nSPS) is 20.3. The highest BCUT2D eigenvalue weighted by Gasteiger charge is 2.36. The number of piperazine rings is 1. The van der Waals surface area contributed by atoms with Crippen LogP contribution in [0.4, 0.5) is 19.7 Å². The van der Waals surface area contributed by atoms with Crippen molar-refractivity contribution in [3.63, 3.8) is 0 Å². The minimum Gasteiger partial charge on any atom is -0.445 e. The molecule has 2 aromatic carbocycles. The van der Waals surface area contributed by atoms with E-state index in [2.05, 4.69) is 27.8 Å². The maximum atomic E-state index is 15.7. The van der Waals surface area contributed by atoms with E-state index >= 15 is 4.39 Å². The summed E-state index contributed by atoms with van der Waals surface area (Å²) in [5.74, 6) is -1.76. The molecule has 1 aliphatic carbocycles. The molecule has 0 unspecified atom stereocenters. The fraction of sp³-hybridized carbons (Fsp3) is 0.568. The van der Waals surface area contributed by atoms with Crippen LogP contribution in [0, 0.1) is 17.7 Å². The Morgan fingerprint density at radius 1 is 0.918 bits per heavy atom. The first-order chi connectivity index (χ1) is 23.2. The van der Waals surface area contributed by atoms with Gasteiger partial charge in [0.1, 0.15) is 30.1 Å². The van der Waals surface area contributed by atoms with Crippen LogP contribution in [-0.4, -0.2) is 84.7 Å². The molecule has 3 atom stereocenters. The monoisotopic (exact) mass is 681 g/mol. The molecule has 11 nitrogen and oxygen atoms in total. The van der Waals surface area contributed by atoms with Gasteiger partial charge in [-0.2, -0.15) is 0 Å². The standard InChI is InChI=1S/C37H52FN5O6/c1-24-12-14-27(15-13-24)32(41-35(46)48-23-26-10-8-7-9-11-26)33(44)39-30-17-16-28(22-29(30)38)25(2)31(40-36(47)49-37(3,4)5)34(45)43-20-18-42(6)19-21-43/h7-11,16-17,22,24-25,27,31-32H,12-15,18-21,23H2,1-6H3,(H,39,44)(H,40,47)(H,41,46)/t24-,25-,27-,31+,32-/m0/s1. The minimum absolute atomic E-state index is 0.0536. The van der Waals surface area contributed by atoms with E-state index in [4.69, 9.17) is 9.47 Å². The highest BCUT2D eigenvalue weighted by molar-refractivity contribution is 5.97. The minimum atomic E-state index is -1.01. The fourth-order valence-corrected chi connectivity index (χ4v) is 6.29. The molecule has 1 saturated heterocycles. The first-order valence-electron chi connectivity index (χ1n) is 17.2. The van der Waals surface area contributed by atoms with Gasteiger partial charge in [-0.3, -0.25) is 9.59 Å². The number of halogens is 1. The van der Waals surface area contributed by atoms with Crippen LogP contribution in [0.25, 0.3) is 0 Å². The number of likely N-dealkylation sites (N-methyl/N-ethyl adjacent to an activating group) is 1. The molecule has 12 heteroatoms. The smallest absolute Gasteiger partial charge is 0.408 e. The summed E-state index contributed by atoms with van der Waals surface area (Å²) in [7, 11) is 1.98. The van der Waals surface area contributed by atoms with Crippen LogP contribution in [0.15, 0.2) is 48.5 Å². The number of nitrogens with one attached hydrogen (secondary N) is 3. The molecule has 2 fully saturated rings. The average Bonchev–Trinajstić information content (AvgIpc) is 3.06. The lowest BCUT2D eigenvalue weighted by atomic mass is 9.79. The molecule has 0 radical (unpaired) electrons. The third-order valence-corrected chi connectivity index (χ3v) is 9.33. The molecule has 2 aromatic rings. The lowest BCUT2D eigenvalue weighted by Gasteiger charge is -2.36. The summed E-state index contributed by atoms with van der Waals surface area (Å²) in [6.45, 7) is 11.6. The van der Waals surface area contributed by atoms with Gasteiger partial charge in [0.05, 0.1) is 5.69 Å². The maximum absolute atomic E-state index is 15.7. The van der Waals surface area contributed by atoms with E-state index in [-0.39, 0.29) is 24.1 Å². The predicted octanol–water partition coefficient (Wildman–Crippen LogP) is 5.66. The van der Waals surface area contributed by atoms with Crippen LogP contribution in [-0.2, 0) is 25.7 Å². The summed E-state index contributed by atoms with van der Waals surface area (Å²) in [5.41, 5.74) is 0.438. The van der Waals surface area contributed by atoms with E-state index in [9.17, 15) is 19.2 Å². The average molecular weight is 682 g/mol. The van der Waals surface area contributed by atoms with Gasteiger partial charge in [0.15, 0.2) is 0 Å². The van der Waals surface area contributed by atoms with E-state index in [0.29, 0.717) is 37.7 Å². The maximum Gasteiger partial charge on any atom is 0.408 e. The lowest BCUT2D eigenvalue weighted by molar-refractivity contribution is -0.135. The fourth-order valence-electron chi connectivity index (χ4n) is 6.29. The number of amides is 4. The van der Waals surface area contributed by atoms with Crippen molar-refractivity contribution in [1.29, 1.82) is 0 Å². The van der Waals surface area contributed by atoms with Gasteiger partial charge in [-0.05, 0) is 75.8 Å². The molecular formula is C37H52FN5O6. The largest absolute Gasteiger partial charge is 0.445 e. The van der Waals surface area contributed by atoms with Crippen LogP contribution in [0.1, 0.15) is 77.3 Å². The molecule has 0 aromatic heterocycles. The van der Waals surface area contributed by atoms with E-state index in [1.54, 1.807) is 38.7 Å². The molecule has 1 heterocycles. The van der Waals surface area contributed by atoms with E-state index in [1.807, 2.05) is 37.4 Å². The zero-order chi connectivity index (χ0) is 35.7. The van der Waals surface area contributed by atoms with Crippen molar-refractivity contribution in [2.75, 3.05) is 38.5 Å².